The lowest BCUT2D eigenvalue weighted by Crippen LogP contribution is -2.35. The number of rotatable bonds is 6. The summed E-state index contributed by atoms with van der Waals surface area (Å²) in [6, 6.07) is 13.6. The van der Waals surface area contributed by atoms with Crippen molar-refractivity contribution in [2.45, 2.75) is 37.6 Å². The molecule has 4 nitrogen and oxygen atoms in total. The minimum Gasteiger partial charge on any atom is -0.351 e. The topological polar surface area (TPSA) is 49.4 Å². The summed E-state index contributed by atoms with van der Waals surface area (Å²) in [5, 5.41) is 2.95. The predicted octanol–water partition coefficient (Wildman–Crippen LogP) is 4.79. The molecule has 1 saturated heterocycles. The summed E-state index contributed by atoms with van der Waals surface area (Å²) in [7, 11) is 0. The molecule has 1 heterocycles. The lowest BCUT2D eigenvalue weighted by atomic mass is 10.1. The highest BCUT2D eigenvalue weighted by molar-refractivity contribution is 9.10. The first-order valence-corrected chi connectivity index (χ1v) is 11.3. The van der Waals surface area contributed by atoms with Crippen molar-refractivity contribution in [3.8, 4) is 0 Å². The van der Waals surface area contributed by atoms with Crippen LogP contribution in [0.1, 0.15) is 40.7 Å². The van der Waals surface area contributed by atoms with E-state index >= 15 is 0 Å². The molecule has 0 saturated carbocycles. The second kappa shape index (κ2) is 10.1. The summed E-state index contributed by atoms with van der Waals surface area (Å²) in [5.41, 5.74) is 2.80. The third kappa shape index (κ3) is 5.85. The van der Waals surface area contributed by atoms with Crippen LogP contribution in [0.2, 0.25) is 0 Å². The van der Waals surface area contributed by atoms with Crippen molar-refractivity contribution < 1.29 is 9.59 Å². The van der Waals surface area contributed by atoms with Crippen molar-refractivity contribution in [2.24, 2.45) is 0 Å². The molecular weight excluding hydrogens is 436 g/mol. The van der Waals surface area contributed by atoms with E-state index in [-0.39, 0.29) is 11.8 Å². The Morgan fingerprint density at radius 2 is 1.89 bits per heavy atom. The van der Waals surface area contributed by atoms with Gasteiger partial charge in [0.05, 0.1) is 5.75 Å². The Bertz CT molecular complexity index is 850. The maximum absolute atomic E-state index is 12.6. The van der Waals surface area contributed by atoms with E-state index in [0.717, 1.165) is 46.4 Å². The molecule has 6 heteroatoms. The Kier molecular flexibility index (Phi) is 7.57. The molecule has 0 bridgehead atoms. The number of halogens is 1. The minimum absolute atomic E-state index is 0.0138. The van der Waals surface area contributed by atoms with E-state index in [1.807, 2.05) is 54.3 Å². The van der Waals surface area contributed by atoms with Crippen molar-refractivity contribution in [2.75, 3.05) is 18.8 Å². The van der Waals surface area contributed by atoms with Crippen LogP contribution in [-0.4, -0.2) is 35.6 Å². The Morgan fingerprint density at radius 3 is 2.64 bits per heavy atom. The molecule has 0 spiro atoms. The van der Waals surface area contributed by atoms with E-state index in [4.69, 9.17) is 0 Å². The van der Waals surface area contributed by atoms with Crippen molar-refractivity contribution in [3.63, 3.8) is 0 Å². The second-order valence-electron chi connectivity index (χ2n) is 7.03. The van der Waals surface area contributed by atoms with Crippen LogP contribution in [0.4, 0.5) is 0 Å². The number of nitrogens with zero attached hydrogens (tertiary/aromatic N) is 1. The Morgan fingerprint density at radius 1 is 1.11 bits per heavy atom. The van der Waals surface area contributed by atoms with Gasteiger partial charge in [-0.1, -0.05) is 28.1 Å². The lowest BCUT2D eigenvalue weighted by Gasteiger charge is -2.26. The molecule has 28 heavy (non-hydrogen) atoms. The first kappa shape index (κ1) is 20.9. The minimum atomic E-state index is -0.0138. The molecule has 3 rings (SSSR count). The van der Waals surface area contributed by atoms with Gasteiger partial charge in [0.15, 0.2) is 0 Å². The monoisotopic (exact) mass is 460 g/mol. The molecule has 0 aliphatic carbocycles. The first-order valence-electron chi connectivity index (χ1n) is 9.57. The number of aryl methyl sites for hydroxylation is 1. The summed E-state index contributed by atoms with van der Waals surface area (Å²) < 4.78 is 1.04. The van der Waals surface area contributed by atoms with Crippen molar-refractivity contribution in [1.82, 2.24) is 10.2 Å². The van der Waals surface area contributed by atoms with E-state index in [2.05, 4.69) is 21.2 Å². The summed E-state index contributed by atoms with van der Waals surface area (Å²) in [6.45, 7) is 4.15. The summed E-state index contributed by atoms with van der Waals surface area (Å²) >= 11 is 4.98. The number of likely N-dealkylation sites (tertiary alicyclic amines) is 1. The maximum atomic E-state index is 12.6. The molecule has 0 radical (unpaired) electrons. The van der Waals surface area contributed by atoms with Gasteiger partial charge in [-0.05, 0) is 67.6 Å². The molecule has 0 aromatic heterocycles. The number of amides is 2. The molecular formula is C22H25BrN2O2S. The van der Waals surface area contributed by atoms with Crippen molar-refractivity contribution in [1.29, 1.82) is 0 Å². The zero-order valence-corrected chi connectivity index (χ0v) is 18.4. The SMILES string of the molecule is Cc1cc(Br)ccc1SCC(=O)NCc1cccc(C(=O)N2CCCCC2)c1. The van der Waals surface area contributed by atoms with Crippen LogP contribution in [0, 0.1) is 6.92 Å². The van der Waals surface area contributed by atoms with Gasteiger partial charge in [-0.15, -0.1) is 11.8 Å². The normalized spacial score (nSPS) is 14.0. The van der Waals surface area contributed by atoms with Gasteiger partial charge in [-0.3, -0.25) is 9.59 Å². The van der Waals surface area contributed by atoms with Crippen LogP contribution in [0.5, 0.6) is 0 Å². The number of hydrogen-bond acceptors (Lipinski definition) is 3. The third-order valence-electron chi connectivity index (χ3n) is 4.80. The molecule has 1 aliphatic heterocycles. The maximum Gasteiger partial charge on any atom is 0.253 e. The van der Waals surface area contributed by atoms with Gasteiger partial charge in [0.25, 0.3) is 5.91 Å². The van der Waals surface area contributed by atoms with Crippen LogP contribution in [0.15, 0.2) is 51.8 Å². The van der Waals surface area contributed by atoms with Gasteiger partial charge >= 0.3 is 0 Å². The fourth-order valence-corrected chi connectivity index (χ4v) is 4.58. The number of carbonyl (C=O) groups is 2. The molecule has 2 aromatic carbocycles. The van der Waals surface area contributed by atoms with Crippen molar-refractivity contribution >= 4 is 39.5 Å². The van der Waals surface area contributed by atoms with Crippen LogP contribution in [0.25, 0.3) is 0 Å². The number of piperidine rings is 1. The number of nitrogens with one attached hydrogen (secondary N) is 1. The molecule has 1 N–H and O–H groups in total. The number of hydrogen-bond donors (Lipinski definition) is 1. The Balaban J connectivity index is 1.51. The van der Waals surface area contributed by atoms with Gasteiger partial charge in [-0.2, -0.15) is 0 Å². The smallest absolute Gasteiger partial charge is 0.253 e. The zero-order valence-electron chi connectivity index (χ0n) is 16.0. The third-order valence-corrected chi connectivity index (χ3v) is 6.47. The Hall–Kier alpha value is -1.79. The van der Waals surface area contributed by atoms with Gasteiger partial charge in [0.2, 0.25) is 5.91 Å². The average Bonchev–Trinajstić information content (AvgIpc) is 2.72. The molecule has 0 unspecified atom stereocenters. The standard InChI is InChI=1S/C22H25BrN2O2S/c1-16-12-19(23)8-9-20(16)28-15-21(26)24-14-17-6-5-7-18(13-17)22(27)25-10-3-2-4-11-25/h5-9,12-13H,2-4,10-11,14-15H2,1H3,(H,24,26). The highest BCUT2D eigenvalue weighted by Gasteiger charge is 2.18. The number of thioether (sulfide) groups is 1. The van der Waals surface area contributed by atoms with E-state index in [1.165, 1.54) is 18.2 Å². The van der Waals surface area contributed by atoms with E-state index in [9.17, 15) is 9.59 Å². The molecule has 0 atom stereocenters. The number of carbonyl (C=O) groups excluding carboxylic acids is 2. The highest BCUT2D eigenvalue weighted by Crippen LogP contribution is 2.25. The summed E-state index contributed by atoms with van der Waals surface area (Å²) in [5.74, 6) is 0.448. The molecule has 2 amide bonds. The van der Waals surface area contributed by atoms with E-state index < -0.39 is 0 Å². The van der Waals surface area contributed by atoms with Crippen LogP contribution >= 0.6 is 27.7 Å². The summed E-state index contributed by atoms with van der Waals surface area (Å²) in [4.78, 5) is 27.9. The molecule has 1 fully saturated rings. The second-order valence-corrected chi connectivity index (χ2v) is 8.96. The van der Waals surface area contributed by atoms with E-state index in [1.54, 1.807) is 0 Å². The van der Waals surface area contributed by atoms with Gasteiger partial charge < -0.3 is 10.2 Å². The predicted molar refractivity (Wildman–Crippen MR) is 118 cm³/mol. The quantitative estimate of drug-likeness (QED) is 0.630. The molecule has 1 aliphatic rings. The molecule has 148 valence electrons. The number of benzene rings is 2. The van der Waals surface area contributed by atoms with Crippen LogP contribution in [0.3, 0.4) is 0 Å². The average molecular weight is 461 g/mol. The largest absolute Gasteiger partial charge is 0.351 e. The lowest BCUT2D eigenvalue weighted by molar-refractivity contribution is -0.118. The van der Waals surface area contributed by atoms with Gasteiger partial charge in [0, 0.05) is 34.6 Å². The van der Waals surface area contributed by atoms with Crippen molar-refractivity contribution in [3.05, 3.63) is 63.6 Å². The molecule has 2 aromatic rings. The first-order chi connectivity index (χ1) is 13.5. The van der Waals surface area contributed by atoms with E-state index in [0.29, 0.717) is 17.9 Å². The fourth-order valence-electron chi connectivity index (χ4n) is 3.26. The van der Waals surface area contributed by atoms with Crippen LogP contribution < -0.4 is 5.32 Å². The highest BCUT2D eigenvalue weighted by atomic mass is 79.9. The van der Waals surface area contributed by atoms with Gasteiger partial charge in [-0.25, -0.2) is 0 Å². The fraction of sp³-hybridized carbons (Fsp3) is 0.364. The zero-order chi connectivity index (χ0) is 19.9. The summed E-state index contributed by atoms with van der Waals surface area (Å²) in [6.07, 6.45) is 3.36. The van der Waals surface area contributed by atoms with Gasteiger partial charge in [0.1, 0.15) is 0 Å². The van der Waals surface area contributed by atoms with Crippen LogP contribution in [-0.2, 0) is 11.3 Å². The Labute approximate surface area is 179 Å².